The molecule has 1 amide bonds. The number of likely N-dealkylation sites (N-methyl/N-ethyl adjacent to an activating group) is 1. The van der Waals surface area contributed by atoms with Crippen LogP contribution in [0.15, 0.2) is 78.9 Å². The zero-order chi connectivity index (χ0) is 27.5. The Morgan fingerprint density at radius 2 is 1.47 bits per heavy atom. The van der Waals surface area contributed by atoms with Crippen molar-refractivity contribution < 1.29 is 23.9 Å². The minimum Gasteiger partial charge on any atom is -0.395 e. The summed E-state index contributed by atoms with van der Waals surface area (Å²) < 4.78 is 10.4. The highest BCUT2D eigenvalue weighted by Gasteiger charge is 2.24. The van der Waals surface area contributed by atoms with Crippen LogP contribution in [-0.2, 0) is 17.6 Å². The Hall–Kier alpha value is -4.01. The van der Waals surface area contributed by atoms with Gasteiger partial charge in [-0.3, -0.25) is 14.5 Å². The molecule has 38 heavy (non-hydrogen) atoms. The van der Waals surface area contributed by atoms with E-state index in [0.29, 0.717) is 36.4 Å². The van der Waals surface area contributed by atoms with Gasteiger partial charge in [-0.05, 0) is 82.2 Å². The van der Waals surface area contributed by atoms with Gasteiger partial charge in [-0.25, -0.2) is 4.79 Å². The molecule has 0 radical (unpaired) electrons. The Bertz CT molecular complexity index is 1210. The van der Waals surface area contributed by atoms with E-state index in [1.807, 2.05) is 61.5 Å². The molecular weight excluding hydrogens is 482 g/mol. The molecule has 8 nitrogen and oxygen atoms in total. The summed E-state index contributed by atoms with van der Waals surface area (Å²) in [5.74, 6) is 0.405. The summed E-state index contributed by atoms with van der Waals surface area (Å²) in [7, 11) is 3.77. The topological polar surface area (TPSA) is 111 Å². The number of nitrogens with zero attached hydrogens (tertiary/aromatic N) is 1. The third kappa shape index (κ3) is 8.54. The Kier molecular flexibility index (Phi) is 10.6. The van der Waals surface area contributed by atoms with Gasteiger partial charge >= 0.3 is 6.16 Å². The van der Waals surface area contributed by atoms with E-state index in [2.05, 4.69) is 5.32 Å². The smallest absolute Gasteiger partial charge is 0.395 e. The molecule has 0 heterocycles. The van der Waals surface area contributed by atoms with Crippen LogP contribution in [0, 0.1) is 0 Å². The number of hydrogen-bond acceptors (Lipinski definition) is 7. The maximum absolute atomic E-state index is 13.6. The average molecular weight is 518 g/mol. The van der Waals surface area contributed by atoms with Gasteiger partial charge in [0.05, 0.1) is 12.1 Å². The molecule has 8 heteroatoms. The number of rotatable bonds is 13. The number of ketones is 1. The van der Waals surface area contributed by atoms with Crippen molar-refractivity contribution in [3.63, 3.8) is 0 Å². The van der Waals surface area contributed by atoms with Crippen molar-refractivity contribution in [2.75, 3.05) is 20.6 Å². The second-order valence-electron chi connectivity index (χ2n) is 9.30. The molecule has 0 bridgehead atoms. The Morgan fingerprint density at radius 1 is 0.868 bits per heavy atom. The Labute approximate surface area is 223 Å². The van der Waals surface area contributed by atoms with Crippen LogP contribution in [0.5, 0.6) is 11.5 Å². The molecule has 2 atom stereocenters. The van der Waals surface area contributed by atoms with Gasteiger partial charge in [0.1, 0.15) is 11.5 Å². The SMILES string of the molecule is C[C@@H](NCCCc1ccccc1C(=O)[C@H](Cc1ccc(OC(=O)Oc2ccccc2)cc1)N(C)C)C(N)=O. The van der Waals surface area contributed by atoms with E-state index in [4.69, 9.17) is 15.2 Å². The molecule has 0 spiro atoms. The van der Waals surface area contributed by atoms with Gasteiger partial charge in [-0.15, -0.1) is 0 Å². The van der Waals surface area contributed by atoms with E-state index < -0.39 is 12.2 Å². The van der Waals surface area contributed by atoms with Crippen molar-refractivity contribution in [1.29, 1.82) is 0 Å². The molecule has 200 valence electrons. The summed E-state index contributed by atoms with van der Waals surface area (Å²) >= 11 is 0. The van der Waals surface area contributed by atoms with Crippen molar-refractivity contribution in [2.45, 2.75) is 38.3 Å². The monoisotopic (exact) mass is 517 g/mol. The van der Waals surface area contributed by atoms with Crippen LogP contribution < -0.4 is 20.5 Å². The van der Waals surface area contributed by atoms with Gasteiger partial charge in [-0.2, -0.15) is 0 Å². The Morgan fingerprint density at radius 3 is 2.11 bits per heavy atom. The highest BCUT2D eigenvalue weighted by Crippen LogP contribution is 2.20. The fraction of sp³-hybridized carbons (Fsp3) is 0.300. The number of para-hydroxylation sites is 1. The van der Waals surface area contributed by atoms with E-state index in [1.165, 1.54) is 0 Å². The van der Waals surface area contributed by atoms with Gasteiger partial charge in [0, 0.05) is 5.56 Å². The lowest BCUT2D eigenvalue weighted by Crippen LogP contribution is -2.39. The molecule has 3 rings (SSSR count). The van der Waals surface area contributed by atoms with Crippen LogP contribution >= 0.6 is 0 Å². The standard InChI is InChI=1S/C30H35N3O5/c1-21(29(31)35)32-19-9-11-23-10-7-8-14-26(23)28(34)27(33(2)3)20-22-15-17-25(18-16-22)38-30(36)37-24-12-5-4-6-13-24/h4-8,10,12-18,21,27,32H,9,11,19-20H2,1-3H3,(H2,31,35)/t21-,27+/m1/s1. The summed E-state index contributed by atoms with van der Waals surface area (Å²) in [6.45, 7) is 2.35. The average Bonchev–Trinajstić information content (AvgIpc) is 2.90. The normalized spacial score (nSPS) is 12.5. The van der Waals surface area contributed by atoms with Crippen molar-refractivity contribution in [2.24, 2.45) is 5.73 Å². The van der Waals surface area contributed by atoms with Crippen LogP contribution in [0.3, 0.4) is 0 Å². The third-order valence-electron chi connectivity index (χ3n) is 6.21. The molecule has 0 fully saturated rings. The molecule has 3 aromatic carbocycles. The van der Waals surface area contributed by atoms with Crippen molar-refractivity contribution in [3.8, 4) is 11.5 Å². The number of ether oxygens (including phenoxy) is 2. The van der Waals surface area contributed by atoms with E-state index in [1.54, 1.807) is 43.3 Å². The van der Waals surface area contributed by atoms with Crippen LogP contribution in [0.2, 0.25) is 0 Å². The fourth-order valence-corrected chi connectivity index (χ4v) is 3.98. The highest BCUT2D eigenvalue weighted by molar-refractivity contribution is 6.01. The first-order valence-corrected chi connectivity index (χ1v) is 12.6. The quantitative estimate of drug-likeness (QED) is 0.152. The number of amides is 1. The van der Waals surface area contributed by atoms with Crippen molar-refractivity contribution >= 4 is 17.8 Å². The van der Waals surface area contributed by atoms with E-state index in [-0.39, 0.29) is 17.7 Å². The molecule has 0 saturated carbocycles. The number of carbonyl (C=O) groups is 3. The molecule has 0 saturated heterocycles. The minimum absolute atomic E-state index is 0.0378. The maximum atomic E-state index is 13.6. The molecule has 0 aliphatic carbocycles. The third-order valence-corrected chi connectivity index (χ3v) is 6.21. The predicted molar refractivity (Wildman–Crippen MR) is 146 cm³/mol. The lowest BCUT2D eigenvalue weighted by Gasteiger charge is -2.24. The molecule has 0 aliphatic rings. The molecule has 3 N–H and O–H groups in total. The van der Waals surface area contributed by atoms with Crippen LogP contribution in [0.25, 0.3) is 0 Å². The maximum Gasteiger partial charge on any atom is 0.519 e. The number of primary amides is 1. The highest BCUT2D eigenvalue weighted by atomic mass is 16.7. The van der Waals surface area contributed by atoms with Gasteiger partial charge in [0.25, 0.3) is 0 Å². The number of benzene rings is 3. The van der Waals surface area contributed by atoms with Crippen LogP contribution in [0.1, 0.15) is 34.8 Å². The fourth-order valence-electron chi connectivity index (χ4n) is 3.98. The molecule has 0 aliphatic heterocycles. The summed E-state index contributed by atoms with van der Waals surface area (Å²) in [5, 5.41) is 3.10. The van der Waals surface area contributed by atoms with Gasteiger partial charge in [0.15, 0.2) is 5.78 Å². The summed E-state index contributed by atoms with van der Waals surface area (Å²) in [6.07, 6.45) is 1.14. The molecule has 0 unspecified atom stereocenters. The van der Waals surface area contributed by atoms with E-state index >= 15 is 0 Å². The second kappa shape index (κ2) is 14.1. The zero-order valence-electron chi connectivity index (χ0n) is 22.1. The first kappa shape index (κ1) is 28.6. The number of aryl methyl sites for hydroxylation is 1. The van der Waals surface area contributed by atoms with Crippen molar-refractivity contribution in [1.82, 2.24) is 10.2 Å². The van der Waals surface area contributed by atoms with Gasteiger partial charge in [-0.1, -0.05) is 54.6 Å². The first-order chi connectivity index (χ1) is 18.2. The molecular formula is C30H35N3O5. The minimum atomic E-state index is -0.818. The lowest BCUT2D eigenvalue weighted by atomic mass is 9.92. The van der Waals surface area contributed by atoms with Crippen molar-refractivity contribution in [3.05, 3.63) is 95.6 Å². The number of carbonyl (C=O) groups excluding carboxylic acids is 3. The van der Waals surface area contributed by atoms with Gasteiger partial charge < -0.3 is 20.5 Å². The number of hydrogen-bond donors (Lipinski definition) is 2. The van der Waals surface area contributed by atoms with Crippen LogP contribution in [-0.4, -0.2) is 55.5 Å². The number of Topliss-reactive ketones (excluding diaryl/α,β-unsaturated/α-hetero) is 1. The van der Waals surface area contributed by atoms with Gasteiger partial charge in [0.2, 0.25) is 5.91 Å². The summed E-state index contributed by atoms with van der Waals surface area (Å²) in [5.41, 5.74) is 7.89. The number of nitrogens with two attached hydrogens (primary N) is 1. The van der Waals surface area contributed by atoms with E-state index in [9.17, 15) is 14.4 Å². The lowest BCUT2D eigenvalue weighted by molar-refractivity contribution is -0.119. The largest absolute Gasteiger partial charge is 0.519 e. The molecule has 3 aromatic rings. The second-order valence-corrected chi connectivity index (χ2v) is 9.30. The summed E-state index contributed by atoms with van der Waals surface area (Å²) in [4.78, 5) is 38.8. The first-order valence-electron chi connectivity index (χ1n) is 12.6. The van der Waals surface area contributed by atoms with Crippen LogP contribution in [0.4, 0.5) is 4.79 Å². The zero-order valence-corrected chi connectivity index (χ0v) is 22.1. The van der Waals surface area contributed by atoms with E-state index in [0.717, 1.165) is 17.5 Å². The molecule has 0 aromatic heterocycles. The predicted octanol–water partition coefficient (Wildman–Crippen LogP) is 4.02. The Balaban J connectivity index is 1.62. The summed E-state index contributed by atoms with van der Waals surface area (Å²) in [6, 6.07) is 22.6. The number of nitrogens with one attached hydrogen (secondary N) is 1.